The lowest BCUT2D eigenvalue weighted by atomic mass is 10.2. The van der Waals surface area contributed by atoms with Crippen LogP contribution in [0.25, 0.3) is 10.1 Å². The van der Waals surface area contributed by atoms with E-state index in [4.69, 9.17) is 21.1 Å². The topological polar surface area (TPSA) is 77.0 Å². The quantitative estimate of drug-likeness (QED) is 0.133. The molecule has 1 aromatic heterocycles. The molecule has 0 radical (unpaired) electrons. The number of thiophene rings is 1. The lowest BCUT2D eigenvalue weighted by Crippen LogP contribution is -2.24. The smallest absolute Gasteiger partial charge is 0.355 e. The molecule has 0 bridgehead atoms. The second kappa shape index (κ2) is 10.6. The summed E-state index contributed by atoms with van der Waals surface area (Å²) in [6, 6.07) is 21.5. The molecule has 0 unspecified atom stereocenters. The zero-order valence-corrected chi connectivity index (χ0v) is 20.1. The first kappa shape index (κ1) is 23.0. The summed E-state index contributed by atoms with van der Waals surface area (Å²) >= 11 is 11.0. The monoisotopic (exact) mass is 542 g/mol. The minimum absolute atomic E-state index is 0.200. The summed E-state index contributed by atoms with van der Waals surface area (Å²) in [5, 5.41) is 5.11. The molecule has 1 amide bonds. The zero-order valence-electron chi connectivity index (χ0n) is 17.0. The number of carbonyl (C=O) groups is 2. The first-order valence-corrected chi connectivity index (χ1v) is 11.7. The number of hydrazone groups is 1. The van der Waals surface area contributed by atoms with Gasteiger partial charge in [-0.3, -0.25) is 4.79 Å². The van der Waals surface area contributed by atoms with Crippen LogP contribution in [0.15, 0.2) is 82.4 Å². The predicted octanol–water partition coefficient (Wildman–Crippen LogP) is 6.07. The number of ether oxygens (including phenoxy) is 2. The predicted molar refractivity (Wildman–Crippen MR) is 134 cm³/mol. The number of nitrogens with one attached hydrogen (secondary N) is 1. The molecule has 6 nitrogen and oxygen atoms in total. The van der Waals surface area contributed by atoms with E-state index in [-0.39, 0.29) is 6.61 Å². The van der Waals surface area contributed by atoms with E-state index in [1.807, 2.05) is 30.3 Å². The van der Waals surface area contributed by atoms with Crippen LogP contribution in [0.3, 0.4) is 0 Å². The van der Waals surface area contributed by atoms with E-state index >= 15 is 0 Å². The van der Waals surface area contributed by atoms with Crippen molar-refractivity contribution in [2.45, 2.75) is 0 Å². The molecule has 0 spiro atoms. The highest BCUT2D eigenvalue weighted by Gasteiger charge is 2.19. The maximum atomic E-state index is 12.8. The largest absolute Gasteiger partial charge is 0.484 e. The number of carbonyl (C=O) groups excluding carboxylic acids is 2. The first-order chi connectivity index (χ1) is 16.0. The van der Waals surface area contributed by atoms with Crippen molar-refractivity contribution in [2.24, 2.45) is 5.10 Å². The Hall–Kier alpha value is -3.20. The van der Waals surface area contributed by atoms with Gasteiger partial charge in [-0.15, -0.1) is 11.3 Å². The van der Waals surface area contributed by atoms with Gasteiger partial charge in [0.2, 0.25) is 0 Å². The van der Waals surface area contributed by atoms with E-state index in [1.165, 1.54) is 17.6 Å². The summed E-state index contributed by atoms with van der Waals surface area (Å²) in [5.41, 5.74) is 2.90. The van der Waals surface area contributed by atoms with E-state index in [9.17, 15) is 9.59 Å². The van der Waals surface area contributed by atoms with Gasteiger partial charge in [0, 0.05) is 20.1 Å². The number of nitrogens with zero attached hydrogens (tertiary/aromatic N) is 1. The van der Waals surface area contributed by atoms with Crippen LogP contribution >= 0.6 is 38.9 Å². The number of amides is 1. The number of halogens is 2. The van der Waals surface area contributed by atoms with Crippen molar-refractivity contribution >= 4 is 67.0 Å². The van der Waals surface area contributed by atoms with Crippen molar-refractivity contribution in [1.82, 2.24) is 5.43 Å². The Kier molecular flexibility index (Phi) is 7.39. The Labute approximate surface area is 206 Å². The molecule has 3 aromatic carbocycles. The molecule has 166 valence electrons. The Morgan fingerprint density at radius 2 is 1.85 bits per heavy atom. The van der Waals surface area contributed by atoms with Gasteiger partial charge in [-0.25, -0.2) is 10.2 Å². The van der Waals surface area contributed by atoms with Crippen molar-refractivity contribution in [3.05, 3.63) is 92.7 Å². The third-order valence-corrected chi connectivity index (χ3v) is 6.55. The second-order valence-corrected chi connectivity index (χ2v) is 9.05. The van der Waals surface area contributed by atoms with Gasteiger partial charge in [0.1, 0.15) is 16.4 Å². The number of hydrogen-bond donors (Lipinski definition) is 1. The Bertz CT molecular complexity index is 1360. The average molecular weight is 544 g/mol. The average Bonchev–Trinajstić information content (AvgIpc) is 3.16. The number of esters is 1. The van der Waals surface area contributed by atoms with Crippen LogP contribution in [0.2, 0.25) is 5.02 Å². The van der Waals surface area contributed by atoms with Gasteiger partial charge in [0.05, 0.1) is 11.2 Å². The summed E-state index contributed by atoms with van der Waals surface area (Å²) in [7, 11) is 0. The van der Waals surface area contributed by atoms with Crippen LogP contribution in [-0.4, -0.2) is 24.7 Å². The molecule has 0 aliphatic carbocycles. The number of fused-ring (bicyclic) bond motifs is 1. The van der Waals surface area contributed by atoms with E-state index in [1.54, 1.807) is 42.5 Å². The molecule has 4 rings (SSSR count). The lowest BCUT2D eigenvalue weighted by molar-refractivity contribution is -0.123. The van der Waals surface area contributed by atoms with Gasteiger partial charge in [0.15, 0.2) is 6.61 Å². The molecular formula is C24H16BrClN2O4S. The van der Waals surface area contributed by atoms with E-state index < -0.39 is 11.9 Å². The van der Waals surface area contributed by atoms with Crippen molar-refractivity contribution in [1.29, 1.82) is 0 Å². The second-order valence-electron chi connectivity index (χ2n) is 6.71. The maximum absolute atomic E-state index is 12.8. The molecule has 1 heterocycles. The summed E-state index contributed by atoms with van der Waals surface area (Å²) in [4.78, 5) is 25.1. The minimum atomic E-state index is -0.562. The number of para-hydroxylation sites is 1. The van der Waals surface area contributed by atoms with Crippen molar-refractivity contribution in [3.63, 3.8) is 0 Å². The fourth-order valence-electron chi connectivity index (χ4n) is 2.88. The molecule has 4 aromatic rings. The lowest BCUT2D eigenvalue weighted by Gasteiger charge is -2.07. The van der Waals surface area contributed by atoms with Gasteiger partial charge in [0.25, 0.3) is 5.91 Å². The minimum Gasteiger partial charge on any atom is -0.484 e. The number of hydrogen-bond acceptors (Lipinski definition) is 6. The van der Waals surface area contributed by atoms with Crippen LogP contribution in [0.5, 0.6) is 11.5 Å². The highest BCUT2D eigenvalue weighted by atomic mass is 79.9. The van der Waals surface area contributed by atoms with Crippen LogP contribution in [0, 0.1) is 0 Å². The molecular weight excluding hydrogens is 528 g/mol. The van der Waals surface area contributed by atoms with Crippen molar-refractivity contribution < 1.29 is 19.1 Å². The molecule has 0 fully saturated rings. The fourth-order valence-corrected chi connectivity index (χ4v) is 4.65. The Morgan fingerprint density at radius 3 is 2.67 bits per heavy atom. The highest BCUT2D eigenvalue weighted by Crippen LogP contribution is 2.36. The van der Waals surface area contributed by atoms with Crippen molar-refractivity contribution in [3.8, 4) is 11.5 Å². The molecule has 9 heteroatoms. The van der Waals surface area contributed by atoms with E-state index in [0.717, 1.165) is 14.6 Å². The van der Waals surface area contributed by atoms with Crippen LogP contribution in [0.1, 0.15) is 15.2 Å². The van der Waals surface area contributed by atoms with Gasteiger partial charge in [-0.2, -0.15) is 5.10 Å². The standard InChI is InChI=1S/C24H16BrClN2O4S/c25-16-7-5-8-17(12-16)31-14-21(29)28-27-13-15-6-1-3-10-19(15)32-24(30)23-22(26)18-9-2-4-11-20(18)33-23/h1-13H,14H2,(H,28,29)/b27-13-. The summed E-state index contributed by atoms with van der Waals surface area (Å²) in [6.45, 7) is -0.200. The molecule has 0 aliphatic heterocycles. The SMILES string of the molecule is O=C(COc1cccc(Br)c1)N/N=C\c1ccccc1OC(=O)c1sc2ccccc2c1Cl. The summed E-state index contributed by atoms with van der Waals surface area (Å²) < 4.78 is 12.7. The summed E-state index contributed by atoms with van der Waals surface area (Å²) in [6.07, 6.45) is 1.39. The van der Waals surface area contributed by atoms with E-state index in [2.05, 4.69) is 26.5 Å². The summed E-state index contributed by atoms with van der Waals surface area (Å²) in [5.74, 6) is -0.147. The molecule has 33 heavy (non-hydrogen) atoms. The van der Waals surface area contributed by atoms with Crippen LogP contribution < -0.4 is 14.9 Å². The number of rotatable bonds is 7. The van der Waals surface area contributed by atoms with Crippen LogP contribution in [0.4, 0.5) is 0 Å². The van der Waals surface area contributed by atoms with Gasteiger partial charge in [-0.05, 0) is 36.4 Å². The van der Waals surface area contributed by atoms with E-state index in [0.29, 0.717) is 27.0 Å². The van der Waals surface area contributed by atoms with Crippen molar-refractivity contribution in [2.75, 3.05) is 6.61 Å². The van der Waals surface area contributed by atoms with Gasteiger partial charge < -0.3 is 9.47 Å². The molecule has 0 saturated carbocycles. The normalized spacial score (nSPS) is 11.0. The number of benzene rings is 3. The highest BCUT2D eigenvalue weighted by molar-refractivity contribution is 9.10. The Morgan fingerprint density at radius 1 is 1.06 bits per heavy atom. The third-order valence-electron chi connectivity index (χ3n) is 4.40. The van der Waals surface area contributed by atoms with Crippen LogP contribution in [-0.2, 0) is 4.79 Å². The third kappa shape index (κ3) is 5.78. The molecule has 1 N–H and O–H groups in total. The molecule has 0 saturated heterocycles. The maximum Gasteiger partial charge on any atom is 0.355 e. The van der Waals surface area contributed by atoms with Gasteiger partial charge >= 0.3 is 5.97 Å². The molecule has 0 atom stereocenters. The zero-order chi connectivity index (χ0) is 23.2. The first-order valence-electron chi connectivity index (χ1n) is 9.70. The fraction of sp³-hybridized carbons (Fsp3) is 0.0417. The Balaban J connectivity index is 1.39. The molecule has 0 aliphatic rings. The van der Waals surface area contributed by atoms with Gasteiger partial charge in [-0.1, -0.05) is 63.9 Å².